The summed E-state index contributed by atoms with van der Waals surface area (Å²) in [4.78, 5) is 13.7. The summed E-state index contributed by atoms with van der Waals surface area (Å²) >= 11 is 0. The minimum absolute atomic E-state index is 0.102. The zero-order valence-corrected chi connectivity index (χ0v) is 8.34. The van der Waals surface area contributed by atoms with Crippen LogP contribution in [0.3, 0.4) is 0 Å². The molecule has 0 spiro atoms. The first kappa shape index (κ1) is 9.90. The molecule has 14 heavy (non-hydrogen) atoms. The van der Waals surface area contributed by atoms with Gasteiger partial charge in [-0.3, -0.25) is 4.79 Å². The summed E-state index contributed by atoms with van der Waals surface area (Å²) in [6.45, 7) is 2.05. The van der Waals surface area contributed by atoms with Gasteiger partial charge in [0.15, 0.2) is 0 Å². The largest absolute Gasteiger partial charge is 0.341 e. The van der Waals surface area contributed by atoms with Crippen molar-refractivity contribution in [2.75, 3.05) is 19.6 Å². The van der Waals surface area contributed by atoms with E-state index in [2.05, 4.69) is 5.32 Å². The van der Waals surface area contributed by atoms with Crippen molar-refractivity contribution in [1.82, 2.24) is 10.2 Å². The number of rotatable bonds is 1. The first-order valence-corrected chi connectivity index (χ1v) is 5.43. The van der Waals surface area contributed by atoms with Gasteiger partial charge in [-0.2, -0.15) is 0 Å². The van der Waals surface area contributed by atoms with Crippen LogP contribution >= 0.6 is 0 Å². The normalized spacial score (nSPS) is 33.4. The molecule has 3 nitrogen and oxygen atoms in total. The van der Waals surface area contributed by atoms with Crippen LogP contribution in [0, 0.1) is 0 Å². The topological polar surface area (TPSA) is 32.3 Å². The molecule has 2 aliphatic rings. The van der Waals surface area contributed by atoms with Gasteiger partial charge in [0.05, 0.1) is 6.04 Å². The molecule has 80 valence electrons. The molecule has 1 N–H and O–H groups in total. The highest BCUT2D eigenvalue weighted by Crippen LogP contribution is 2.15. The number of nitrogens with one attached hydrogen (secondary N) is 1. The fourth-order valence-corrected chi connectivity index (χ4v) is 2.22. The summed E-state index contributed by atoms with van der Waals surface area (Å²) < 4.78 is 12.9. The summed E-state index contributed by atoms with van der Waals surface area (Å²) in [6, 6.07) is -0.261. The number of halogens is 1. The lowest BCUT2D eigenvalue weighted by Gasteiger charge is -2.29. The third-order valence-electron chi connectivity index (χ3n) is 3.04. The van der Waals surface area contributed by atoms with Crippen molar-refractivity contribution in [2.45, 2.75) is 37.9 Å². The SMILES string of the molecule is O=C([C@H]1C[C@@H](F)CN1)N1CCCCC1. The minimum Gasteiger partial charge on any atom is -0.341 e. The fraction of sp³-hybridized carbons (Fsp3) is 0.900. The van der Waals surface area contributed by atoms with E-state index in [-0.39, 0.29) is 11.9 Å². The van der Waals surface area contributed by atoms with Gasteiger partial charge in [0.2, 0.25) is 5.91 Å². The Bertz CT molecular complexity index is 209. The van der Waals surface area contributed by atoms with Crippen LogP contribution in [0.5, 0.6) is 0 Å². The molecule has 4 heteroatoms. The van der Waals surface area contributed by atoms with Gasteiger partial charge in [-0.1, -0.05) is 0 Å². The molecule has 2 heterocycles. The summed E-state index contributed by atoms with van der Waals surface area (Å²) in [6.07, 6.45) is 2.92. The highest BCUT2D eigenvalue weighted by molar-refractivity contribution is 5.82. The molecule has 2 aliphatic heterocycles. The van der Waals surface area contributed by atoms with Crippen LogP contribution in [0.25, 0.3) is 0 Å². The van der Waals surface area contributed by atoms with E-state index in [1.165, 1.54) is 6.42 Å². The van der Waals surface area contributed by atoms with E-state index in [1.54, 1.807) is 0 Å². The average molecular weight is 200 g/mol. The molecule has 0 aromatic rings. The summed E-state index contributed by atoms with van der Waals surface area (Å²) in [5, 5.41) is 2.94. The highest BCUT2D eigenvalue weighted by atomic mass is 19.1. The number of carbonyl (C=O) groups excluding carboxylic acids is 1. The smallest absolute Gasteiger partial charge is 0.239 e. The van der Waals surface area contributed by atoms with Crippen molar-refractivity contribution in [3.8, 4) is 0 Å². The number of nitrogens with zero attached hydrogens (tertiary/aromatic N) is 1. The van der Waals surface area contributed by atoms with Crippen molar-refractivity contribution in [2.24, 2.45) is 0 Å². The van der Waals surface area contributed by atoms with Crippen LogP contribution < -0.4 is 5.32 Å². The lowest BCUT2D eigenvalue weighted by molar-refractivity contribution is -0.134. The molecule has 2 rings (SSSR count). The van der Waals surface area contributed by atoms with Gasteiger partial charge in [-0.25, -0.2) is 4.39 Å². The van der Waals surface area contributed by atoms with Gasteiger partial charge >= 0.3 is 0 Å². The first-order chi connectivity index (χ1) is 6.77. The molecule has 2 atom stereocenters. The van der Waals surface area contributed by atoms with Crippen molar-refractivity contribution in [3.05, 3.63) is 0 Å². The number of hydrogen-bond acceptors (Lipinski definition) is 2. The van der Waals surface area contributed by atoms with Gasteiger partial charge in [-0.05, 0) is 19.3 Å². The van der Waals surface area contributed by atoms with Gasteiger partial charge in [0.25, 0.3) is 0 Å². The molecule has 0 aliphatic carbocycles. The zero-order valence-electron chi connectivity index (χ0n) is 8.34. The van der Waals surface area contributed by atoms with E-state index in [9.17, 15) is 9.18 Å². The van der Waals surface area contributed by atoms with Gasteiger partial charge in [0, 0.05) is 26.1 Å². The number of amides is 1. The van der Waals surface area contributed by atoms with Crippen LogP contribution in [0.15, 0.2) is 0 Å². The molecule has 1 amide bonds. The average Bonchev–Trinajstić information content (AvgIpc) is 2.65. The molecule has 2 fully saturated rings. The second-order valence-electron chi connectivity index (χ2n) is 4.18. The lowest BCUT2D eigenvalue weighted by Crippen LogP contribution is -2.45. The van der Waals surface area contributed by atoms with Gasteiger partial charge in [-0.15, -0.1) is 0 Å². The Labute approximate surface area is 83.6 Å². The molecule has 0 radical (unpaired) electrons. The maximum atomic E-state index is 12.9. The summed E-state index contributed by atoms with van der Waals surface area (Å²) in [7, 11) is 0. The number of likely N-dealkylation sites (tertiary alicyclic amines) is 1. The van der Waals surface area contributed by atoms with Crippen molar-refractivity contribution in [3.63, 3.8) is 0 Å². The molecule has 0 aromatic carbocycles. The second-order valence-corrected chi connectivity index (χ2v) is 4.18. The Morgan fingerprint density at radius 1 is 1.29 bits per heavy atom. The molecule has 0 unspecified atom stereocenters. The Kier molecular flexibility index (Phi) is 3.01. The maximum Gasteiger partial charge on any atom is 0.239 e. The fourth-order valence-electron chi connectivity index (χ4n) is 2.22. The molecule has 0 bridgehead atoms. The maximum absolute atomic E-state index is 12.9. The van der Waals surface area contributed by atoms with Crippen LogP contribution in [0.4, 0.5) is 4.39 Å². The molecular weight excluding hydrogens is 183 g/mol. The molecule has 2 saturated heterocycles. The third kappa shape index (κ3) is 2.05. The minimum atomic E-state index is -0.839. The van der Waals surface area contributed by atoms with E-state index >= 15 is 0 Å². The molecule has 0 saturated carbocycles. The number of hydrogen-bond donors (Lipinski definition) is 1. The molecular formula is C10H17FN2O. The van der Waals surface area contributed by atoms with Gasteiger partial charge < -0.3 is 10.2 Å². The van der Waals surface area contributed by atoms with Gasteiger partial charge in [0.1, 0.15) is 6.17 Å². The van der Waals surface area contributed by atoms with E-state index < -0.39 is 6.17 Å². The van der Waals surface area contributed by atoms with E-state index in [4.69, 9.17) is 0 Å². The summed E-state index contributed by atoms with van der Waals surface area (Å²) in [5.41, 5.74) is 0. The van der Waals surface area contributed by atoms with Crippen LogP contribution in [0.1, 0.15) is 25.7 Å². The quantitative estimate of drug-likeness (QED) is 0.675. The van der Waals surface area contributed by atoms with Crippen molar-refractivity contribution in [1.29, 1.82) is 0 Å². The highest BCUT2D eigenvalue weighted by Gasteiger charge is 2.32. The van der Waals surface area contributed by atoms with E-state index in [0.29, 0.717) is 13.0 Å². The monoisotopic (exact) mass is 200 g/mol. The molecule has 0 aromatic heterocycles. The predicted molar refractivity (Wildman–Crippen MR) is 51.7 cm³/mol. The zero-order chi connectivity index (χ0) is 9.97. The Morgan fingerprint density at radius 3 is 2.57 bits per heavy atom. The van der Waals surface area contributed by atoms with E-state index in [0.717, 1.165) is 25.9 Å². The third-order valence-corrected chi connectivity index (χ3v) is 3.04. The first-order valence-electron chi connectivity index (χ1n) is 5.43. The van der Waals surface area contributed by atoms with Crippen LogP contribution in [-0.2, 0) is 4.79 Å². The Balaban J connectivity index is 1.87. The van der Waals surface area contributed by atoms with Crippen molar-refractivity contribution < 1.29 is 9.18 Å². The predicted octanol–water partition coefficient (Wildman–Crippen LogP) is 0.699. The Morgan fingerprint density at radius 2 is 2.00 bits per heavy atom. The Hall–Kier alpha value is -0.640. The number of carbonyl (C=O) groups is 1. The second kappa shape index (κ2) is 4.26. The van der Waals surface area contributed by atoms with E-state index in [1.807, 2.05) is 4.90 Å². The van der Waals surface area contributed by atoms with Crippen LogP contribution in [-0.4, -0.2) is 42.7 Å². The van der Waals surface area contributed by atoms with Crippen LogP contribution in [0.2, 0.25) is 0 Å². The number of alkyl halides is 1. The van der Waals surface area contributed by atoms with Crippen molar-refractivity contribution >= 4 is 5.91 Å². The standard InChI is InChI=1S/C10H17FN2O/c11-8-6-9(12-7-8)10(14)13-4-2-1-3-5-13/h8-9,12H,1-7H2/t8-,9-/m1/s1. The lowest BCUT2D eigenvalue weighted by atomic mass is 10.1. The summed E-state index contributed by atoms with van der Waals surface area (Å²) in [5.74, 6) is 0.102. The number of piperidine rings is 1.